The van der Waals surface area contributed by atoms with Crippen LogP contribution < -0.4 is 0 Å². The maximum atomic E-state index is 10.4. The Bertz CT molecular complexity index is 113. The van der Waals surface area contributed by atoms with Gasteiger partial charge in [-0.15, -0.1) is 0 Å². The fourth-order valence-electron chi connectivity index (χ4n) is 0.283. The van der Waals surface area contributed by atoms with Crippen molar-refractivity contribution in [3.63, 3.8) is 0 Å². The molecule has 0 fully saturated rings. The first-order chi connectivity index (χ1) is 4.26. The molecule has 0 saturated heterocycles. The van der Waals surface area contributed by atoms with Crippen LogP contribution in [0.25, 0.3) is 0 Å². The predicted molar refractivity (Wildman–Crippen MR) is 30.4 cm³/mol. The number of ether oxygens (including phenoxy) is 2. The second-order valence-corrected chi connectivity index (χ2v) is 1.90. The third-order valence-electron chi connectivity index (χ3n) is 0.722. The second kappa shape index (κ2) is 4.41. The van der Waals surface area contributed by atoms with E-state index in [0.29, 0.717) is 0 Å². The monoisotopic (exact) mass is 150 g/mol. The molecule has 0 radical (unpaired) electrons. The Balaban J connectivity index is 3.78. The molecule has 52 valence electrons. The number of hydrogen-bond acceptors (Lipinski definition) is 4. The van der Waals surface area contributed by atoms with Crippen LogP contribution in [0.3, 0.4) is 0 Å². The molecule has 9 heavy (non-hydrogen) atoms. The molecule has 0 N–H and O–H groups in total. The first-order valence-corrected chi connectivity index (χ1v) is 3.07. The highest BCUT2D eigenvalue weighted by molar-refractivity contribution is 7.26. The third-order valence-corrected chi connectivity index (χ3v) is 1.33. The van der Waals surface area contributed by atoms with Crippen LogP contribution in [0.2, 0.25) is 0 Å². The van der Waals surface area contributed by atoms with Crippen LogP contribution in [-0.4, -0.2) is 26.0 Å². The van der Waals surface area contributed by atoms with Crippen molar-refractivity contribution >= 4 is 14.4 Å². The predicted octanol–water partition coefficient (Wildman–Crippen LogP) is 0.424. The molecule has 0 aromatic heterocycles. The van der Waals surface area contributed by atoms with Gasteiger partial charge < -0.3 is 9.47 Å². The van der Waals surface area contributed by atoms with Gasteiger partial charge in [0.1, 0.15) is 0 Å². The lowest BCUT2D eigenvalue weighted by Gasteiger charge is -2.01. The van der Waals surface area contributed by atoms with E-state index in [1.165, 1.54) is 14.2 Å². The van der Waals surface area contributed by atoms with E-state index in [9.17, 15) is 9.36 Å². The van der Waals surface area contributed by atoms with Crippen LogP contribution in [0.4, 0.5) is 0 Å². The molecule has 0 aliphatic rings. The van der Waals surface area contributed by atoms with Crippen molar-refractivity contribution < 1.29 is 18.8 Å². The van der Waals surface area contributed by atoms with E-state index in [2.05, 4.69) is 9.47 Å². The van der Waals surface area contributed by atoms with Gasteiger partial charge in [0, 0.05) is 7.11 Å². The average Bonchev–Trinajstić information content (AvgIpc) is 1.90. The molecule has 4 nitrogen and oxygen atoms in total. The van der Waals surface area contributed by atoms with Gasteiger partial charge in [0.2, 0.25) is 5.85 Å². The smallest absolute Gasteiger partial charge is 0.347 e. The summed E-state index contributed by atoms with van der Waals surface area (Å²) in [6.45, 7) is 0. The van der Waals surface area contributed by atoms with Crippen LogP contribution in [-0.2, 0) is 18.8 Å². The van der Waals surface area contributed by atoms with Gasteiger partial charge in [0.05, 0.1) is 7.11 Å². The summed E-state index contributed by atoms with van der Waals surface area (Å²) in [5, 5.41) is 0. The summed E-state index contributed by atoms with van der Waals surface area (Å²) in [6, 6.07) is 0. The van der Waals surface area contributed by atoms with E-state index in [0.717, 1.165) is 0 Å². The minimum atomic E-state index is -0.977. The summed E-state index contributed by atoms with van der Waals surface area (Å²) in [6.07, 6.45) is 0. The van der Waals surface area contributed by atoms with Crippen molar-refractivity contribution in [1.29, 1.82) is 0 Å². The largest absolute Gasteiger partial charge is 0.466 e. The standard InChI is InChI=1S/C4H7O4P/c1-7-3(5)4(8-2)9-6/h4H,1-2H3. The van der Waals surface area contributed by atoms with Gasteiger partial charge in [-0.2, -0.15) is 0 Å². The van der Waals surface area contributed by atoms with E-state index in [1.807, 2.05) is 0 Å². The van der Waals surface area contributed by atoms with E-state index in [1.54, 1.807) is 0 Å². The molecule has 1 unspecified atom stereocenters. The molecular formula is C4H7O4P. The lowest BCUT2D eigenvalue weighted by molar-refractivity contribution is -0.147. The molecule has 0 heterocycles. The molecule has 0 aliphatic carbocycles. The number of carbonyl (C=O) groups excluding carboxylic acids is 1. The Labute approximate surface area is 54.3 Å². The maximum absolute atomic E-state index is 10.4. The Hall–Kier alpha value is -0.470. The SMILES string of the molecule is COC(=O)C(OC)P=O. The summed E-state index contributed by atoms with van der Waals surface area (Å²) in [5.41, 5.74) is 0. The van der Waals surface area contributed by atoms with Crippen molar-refractivity contribution in [3.05, 3.63) is 0 Å². The van der Waals surface area contributed by atoms with Gasteiger partial charge in [-0.3, -0.25) is 4.57 Å². The quantitative estimate of drug-likeness (QED) is 0.432. The van der Waals surface area contributed by atoms with Gasteiger partial charge in [0.25, 0.3) is 0 Å². The second-order valence-electron chi connectivity index (χ2n) is 1.22. The normalized spacial score (nSPS) is 13.1. The molecule has 5 heteroatoms. The van der Waals surface area contributed by atoms with Crippen molar-refractivity contribution in [2.24, 2.45) is 0 Å². The third kappa shape index (κ3) is 2.54. The molecule has 0 rings (SSSR count). The van der Waals surface area contributed by atoms with Gasteiger partial charge in [-0.25, -0.2) is 4.79 Å². The molecule has 0 amide bonds. The highest BCUT2D eigenvalue weighted by atomic mass is 31.1. The van der Waals surface area contributed by atoms with Crippen molar-refractivity contribution in [1.82, 2.24) is 0 Å². The number of methoxy groups -OCH3 is 2. The van der Waals surface area contributed by atoms with Crippen molar-refractivity contribution in [2.45, 2.75) is 5.85 Å². The van der Waals surface area contributed by atoms with Crippen molar-refractivity contribution in [2.75, 3.05) is 14.2 Å². The number of esters is 1. The van der Waals surface area contributed by atoms with Crippen LogP contribution in [0.1, 0.15) is 0 Å². The number of carbonyl (C=O) groups is 1. The molecule has 0 aromatic rings. The minimum Gasteiger partial charge on any atom is -0.466 e. The number of rotatable bonds is 3. The number of hydrogen-bond donors (Lipinski definition) is 0. The average molecular weight is 150 g/mol. The van der Waals surface area contributed by atoms with Gasteiger partial charge in [-0.1, -0.05) is 0 Å². The highest BCUT2D eigenvalue weighted by Gasteiger charge is 2.17. The fraction of sp³-hybridized carbons (Fsp3) is 0.750. The van der Waals surface area contributed by atoms with Gasteiger partial charge >= 0.3 is 5.97 Å². The lowest BCUT2D eigenvalue weighted by atomic mass is 10.7. The zero-order valence-corrected chi connectivity index (χ0v) is 6.05. The Morgan fingerprint density at radius 1 is 1.56 bits per heavy atom. The highest BCUT2D eigenvalue weighted by Crippen LogP contribution is 2.07. The summed E-state index contributed by atoms with van der Waals surface area (Å²) in [4.78, 5) is 10.4. The van der Waals surface area contributed by atoms with Gasteiger partial charge in [-0.05, 0) is 0 Å². The van der Waals surface area contributed by atoms with E-state index < -0.39 is 11.8 Å². The van der Waals surface area contributed by atoms with E-state index in [-0.39, 0.29) is 8.46 Å². The molecule has 1 atom stereocenters. The zero-order chi connectivity index (χ0) is 7.28. The molecule has 0 aromatic carbocycles. The molecule has 0 bridgehead atoms. The molecular weight excluding hydrogens is 143 g/mol. The Kier molecular flexibility index (Phi) is 4.18. The van der Waals surface area contributed by atoms with Crippen molar-refractivity contribution in [3.8, 4) is 0 Å². The Morgan fingerprint density at radius 2 is 2.11 bits per heavy atom. The van der Waals surface area contributed by atoms with Crippen LogP contribution in [0.15, 0.2) is 0 Å². The van der Waals surface area contributed by atoms with Gasteiger partial charge in [0.15, 0.2) is 8.46 Å². The van der Waals surface area contributed by atoms with E-state index >= 15 is 0 Å². The summed E-state index contributed by atoms with van der Waals surface area (Å²) >= 11 is 0. The summed E-state index contributed by atoms with van der Waals surface area (Å²) in [5.74, 6) is -1.61. The summed E-state index contributed by atoms with van der Waals surface area (Å²) < 4.78 is 18.7. The summed E-state index contributed by atoms with van der Waals surface area (Å²) in [7, 11) is 2.11. The minimum absolute atomic E-state index is 0.377. The van der Waals surface area contributed by atoms with E-state index in [4.69, 9.17) is 0 Å². The lowest BCUT2D eigenvalue weighted by Crippen LogP contribution is -2.17. The first-order valence-electron chi connectivity index (χ1n) is 2.19. The van der Waals surface area contributed by atoms with Crippen LogP contribution in [0, 0.1) is 0 Å². The molecule has 0 saturated carbocycles. The van der Waals surface area contributed by atoms with Crippen LogP contribution in [0.5, 0.6) is 0 Å². The topological polar surface area (TPSA) is 52.6 Å². The zero-order valence-electron chi connectivity index (χ0n) is 5.16. The Morgan fingerprint density at radius 3 is 2.22 bits per heavy atom. The molecule has 0 aliphatic heterocycles. The first kappa shape index (κ1) is 8.53. The van der Waals surface area contributed by atoms with Crippen LogP contribution >= 0.6 is 8.46 Å². The maximum Gasteiger partial charge on any atom is 0.347 e. The fourth-order valence-corrected chi connectivity index (χ4v) is 0.561. The molecule has 0 spiro atoms.